The summed E-state index contributed by atoms with van der Waals surface area (Å²) in [4.78, 5) is 17.4. The van der Waals surface area contributed by atoms with Gasteiger partial charge < -0.3 is 0 Å². The van der Waals surface area contributed by atoms with Gasteiger partial charge in [-0.2, -0.15) is 5.10 Å². The van der Waals surface area contributed by atoms with Gasteiger partial charge in [0, 0.05) is 28.2 Å². The van der Waals surface area contributed by atoms with E-state index in [0.717, 1.165) is 10.4 Å². The third kappa shape index (κ3) is 1.64. The number of hydrogen-bond donors (Lipinski definition) is 0. The lowest BCUT2D eigenvalue weighted by Gasteiger charge is -1.95. The molecule has 0 atom stereocenters. The molecule has 0 amide bonds. The third-order valence-corrected chi connectivity index (χ3v) is 3.42. The van der Waals surface area contributed by atoms with Crippen LogP contribution in [0.15, 0.2) is 36.2 Å². The van der Waals surface area contributed by atoms with Crippen LogP contribution in [0.3, 0.4) is 0 Å². The Bertz CT molecular complexity index is 698. The highest BCUT2D eigenvalue weighted by Gasteiger charge is 2.15. The van der Waals surface area contributed by atoms with Crippen LogP contribution in [0.4, 0.5) is 0 Å². The number of thiophene rings is 1. The predicted octanol–water partition coefficient (Wildman–Crippen LogP) is 2.33. The van der Waals surface area contributed by atoms with Crippen LogP contribution in [0.25, 0.3) is 5.52 Å². The molecule has 0 aromatic carbocycles. The largest absolute Gasteiger partial charge is 0.288 e. The van der Waals surface area contributed by atoms with Crippen molar-refractivity contribution >= 4 is 22.6 Å². The molecule has 0 fully saturated rings. The monoisotopic (exact) mass is 243 g/mol. The number of rotatable bonds is 2. The highest BCUT2D eigenvalue weighted by atomic mass is 32.1. The van der Waals surface area contributed by atoms with E-state index in [1.165, 1.54) is 0 Å². The zero-order chi connectivity index (χ0) is 11.8. The lowest BCUT2D eigenvalue weighted by molar-refractivity contribution is 0.104. The molecule has 0 spiro atoms. The summed E-state index contributed by atoms with van der Waals surface area (Å²) in [7, 11) is 0. The molecule has 0 unspecified atom stereocenters. The van der Waals surface area contributed by atoms with Crippen molar-refractivity contribution in [1.29, 1.82) is 0 Å². The van der Waals surface area contributed by atoms with Gasteiger partial charge in [0.1, 0.15) is 0 Å². The van der Waals surface area contributed by atoms with Crippen LogP contribution in [-0.2, 0) is 0 Å². The Labute approximate surface area is 102 Å². The van der Waals surface area contributed by atoms with Crippen LogP contribution in [-0.4, -0.2) is 20.4 Å². The van der Waals surface area contributed by atoms with Crippen LogP contribution in [0, 0.1) is 6.92 Å². The quantitative estimate of drug-likeness (QED) is 0.649. The highest BCUT2D eigenvalue weighted by molar-refractivity contribution is 7.10. The first kappa shape index (κ1) is 10.2. The number of hydrogen-bond acceptors (Lipinski definition) is 4. The summed E-state index contributed by atoms with van der Waals surface area (Å²) in [5.74, 6) is -0.00245. The van der Waals surface area contributed by atoms with E-state index in [4.69, 9.17) is 0 Å². The molecule has 4 nitrogen and oxygen atoms in total. The molecule has 0 radical (unpaired) electrons. The summed E-state index contributed by atoms with van der Waals surface area (Å²) in [6, 6.07) is 1.90. The first-order chi connectivity index (χ1) is 8.25. The second-order valence-electron chi connectivity index (χ2n) is 3.74. The average molecular weight is 243 g/mol. The molecule has 0 aliphatic heterocycles. The average Bonchev–Trinajstić information content (AvgIpc) is 2.94. The SMILES string of the molecule is Cc1cc(C(=O)c2cnn3ccncc23)cs1. The number of carbonyl (C=O) groups is 1. The van der Waals surface area contributed by atoms with E-state index in [-0.39, 0.29) is 5.78 Å². The van der Waals surface area contributed by atoms with Crippen molar-refractivity contribution in [2.75, 3.05) is 0 Å². The Kier molecular flexibility index (Phi) is 2.26. The fourth-order valence-electron chi connectivity index (χ4n) is 1.73. The second-order valence-corrected chi connectivity index (χ2v) is 4.85. The first-order valence-electron chi connectivity index (χ1n) is 5.13. The Hall–Kier alpha value is -2.01. The van der Waals surface area contributed by atoms with E-state index in [2.05, 4.69) is 10.1 Å². The van der Waals surface area contributed by atoms with E-state index in [1.807, 2.05) is 18.4 Å². The molecule has 3 heterocycles. The third-order valence-electron chi connectivity index (χ3n) is 2.56. The molecule has 0 saturated heterocycles. The Balaban J connectivity index is 2.13. The number of ketones is 1. The van der Waals surface area contributed by atoms with Gasteiger partial charge in [-0.15, -0.1) is 11.3 Å². The van der Waals surface area contributed by atoms with E-state index in [1.54, 1.807) is 40.6 Å². The fourth-order valence-corrected chi connectivity index (χ4v) is 2.41. The highest BCUT2D eigenvalue weighted by Crippen LogP contribution is 2.19. The van der Waals surface area contributed by atoms with Crippen LogP contribution >= 0.6 is 11.3 Å². The maximum Gasteiger partial charge on any atom is 0.197 e. The normalized spacial score (nSPS) is 10.9. The molecule has 0 bridgehead atoms. The summed E-state index contributed by atoms with van der Waals surface area (Å²) in [5, 5.41) is 6.00. The molecule has 17 heavy (non-hydrogen) atoms. The maximum atomic E-state index is 12.3. The van der Waals surface area contributed by atoms with Crippen LogP contribution in [0.5, 0.6) is 0 Å². The number of fused-ring (bicyclic) bond motifs is 1. The molecule has 3 rings (SSSR count). The first-order valence-corrected chi connectivity index (χ1v) is 6.01. The maximum absolute atomic E-state index is 12.3. The Morgan fingerprint density at radius 3 is 3.06 bits per heavy atom. The van der Waals surface area contributed by atoms with Gasteiger partial charge >= 0.3 is 0 Å². The van der Waals surface area contributed by atoms with Gasteiger partial charge in [-0.1, -0.05) is 0 Å². The minimum absolute atomic E-state index is 0.00245. The van der Waals surface area contributed by atoms with Gasteiger partial charge in [0.2, 0.25) is 0 Å². The molecule has 0 N–H and O–H groups in total. The minimum Gasteiger partial charge on any atom is -0.288 e. The topological polar surface area (TPSA) is 47.3 Å². The summed E-state index contributed by atoms with van der Waals surface area (Å²) in [6.45, 7) is 1.99. The summed E-state index contributed by atoms with van der Waals surface area (Å²) in [5.41, 5.74) is 2.04. The molecule has 5 heteroatoms. The van der Waals surface area contributed by atoms with Gasteiger partial charge in [0.25, 0.3) is 0 Å². The lowest BCUT2D eigenvalue weighted by atomic mass is 10.1. The van der Waals surface area contributed by atoms with Gasteiger partial charge in [0.05, 0.1) is 23.5 Å². The van der Waals surface area contributed by atoms with E-state index < -0.39 is 0 Å². The fraction of sp³-hybridized carbons (Fsp3) is 0.0833. The molecule has 0 aliphatic carbocycles. The molecule has 3 aromatic heterocycles. The number of carbonyl (C=O) groups excluding carboxylic acids is 1. The number of aromatic nitrogens is 3. The van der Waals surface area contributed by atoms with Crippen molar-refractivity contribution in [3.8, 4) is 0 Å². The van der Waals surface area contributed by atoms with Gasteiger partial charge in [-0.05, 0) is 13.0 Å². The molecule has 3 aromatic rings. The smallest absolute Gasteiger partial charge is 0.197 e. The zero-order valence-electron chi connectivity index (χ0n) is 9.12. The number of nitrogens with zero attached hydrogens (tertiary/aromatic N) is 3. The predicted molar refractivity (Wildman–Crippen MR) is 65.5 cm³/mol. The van der Waals surface area contributed by atoms with Crippen molar-refractivity contribution in [2.24, 2.45) is 0 Å². The van der Waals surface area contributed by atoms with Crippen molar-refractivity contribution in [3.63, 3.8) is 0 Å². The van der Waals surface area contributed by atoms with Crippen molar-refractivity contribution < 1.29 is 4.79 Å². The molecular weight excluding hydrogens is 234 g/mol. The summed E-state index contributed by atoms with van der Waals surface area (Å²) < 4.78 is 1.65. The molecule has 0 aliphatic rings. The van der Waals surface area contributed by atoms with E-state index >= 15 is 0 Å². The van der Waals surface area contributed by atoms with Crippen molar-refractivity contribution in [1.82, 2.24) is 14.6 Å². The zero-order valence-corrected chi connectivity index (χ0v) is 9.94. The summed E-state index contributed by atoms with van der Waals surface area (Å²) >= 11 is 1.57. The molecule has 0 saturated carbocycles. The second kappa shape index (κ2) is 3.78. The molecule has 84 valence electrons. The van der Waals surface area contributed by atoms with E-state index in [9.17, 15) is 4.79 Å². The van der Waals surface area contributed by atoms with E-state index in [0.29, 0.717) is 11.1 Å². The number of aryl methyl sites for hydroxylation is 1. The van der Waals surface area contributed by atoms with Crippen molar-refractivity contribution in [2.45, 2.75) is 6.92 Å². The minimum atomic E-state index is -0.00245. The van der Waals surface area contributed by atoms with Crippen LogP contribution in [0.1, 0.15) is 20.8 Å². The lowest BCUT2D eigenvalue weighted by Crippen LogP contribution is -1.99. The Morgan fingerprint density at radius 1 is 1.41 bits per heavy atom. The van der Waals surface area contributed by atoms with Crippen LogP contribution in [0.2, 0.25) is 0 Å². The van der Waals surface area contributed by atoms with Crippen molar-refractivity contribution in [3.05, 3.63) is 52.2 Å². The van der Waals surface area contributed by atoms with Crippen LogP contribution < -0.4 is 0 Å². The molecular formula is C12H9N3OS. The van der Waals surface area contributed by atoms with Gasteiger partial charge in [-0.3, -0.25) is 9.78 Å². The Morgan fingerprint density at radius 2 is 2.29 bits per heavy atom. The van der Waals surface area contributed by atoms with Gasteiger partial charge in [0.15, 0.2) is 5.78 Å². The summed E-state index contributed by atoms with van der Waals surface area (Å²) in [6.07, 6.45) is 6.61. The standard InChI is InChI=1S/C12H9N3OS/c1-8-4-9(7-17-8)12(16)10-5-14-15-3-2-13-6-11(10)15/h2-7H,1H3. The van der Waals surface area contributed by atoms with Gasteiger partial charge in [-0.25, -0.2) is 4.52 Å².